The molecule has 3 unspecified atom stereocenters. The normalized spacial score (nSPS) is 30.5. The molecule has 0 aromatic carbocycles. The number of hydrazine groups is 1. The summed E-state index contributed by atoms with van der Waals surface area (Å²) in [6.07, 6.45) is 8.34. The zero-order valence-electron chi connectivity index (χ0n) is 24.0. The van der Waals surface area contributed by atoms with Crippen LogP contribution in [0, 0.1) is 23.2 Å². The third-order valence-electron chi connectivity index (χ3n) is 11.0. The zero-order chi connectivity index (χ0) is 28.4. The van der Waals surface area contributed by atoms with Gasteiger partial charge in [-0.25, -0.2) is 15.6 Å². The molecule has 2 saturated carbocycles. The fourth-order valence-electron chi connectivity index (χ4n) is 8.36. The van der Waals surface area contributed by atoms with Crippen molar-refractivity contribution in [1.29, 1.82) is 0 Å². The lowest BCUT2D eigenvalue weighted by molar-refractivity contribution is -0.140. The molecule has 2 aromatic heterocycles. The van der Waals surface area contributed by atoms with Crippen LogP contribution in [-0.4, -0.2) is 65.0 Å². The molecule has 3 aliphatic heterocycles. The van der Waals surface area contributed by atoms with Crippen molar-refractivity contribution in [2.24, 2.45) is 23.2 Å². The van der Waals surface area contributed by atoms with Gasteiger partial charge in [0.05, 0.1) is 37.1 Å². The van der Waals surface area contributed by atoms with Gasteiger partial charge in [-0.15, -0.1) is 0 Å². The van der Waals surface area contributed by atoms with E-state index in [4.69, 9.17) is 4.74 Å². The van der Waals surface area contributed by atoms with Crippen molar-refractivity contribution in [2.45, 2.75) is 82.7 Å². The molecule has 0 bridgehead atoms. The Morgan fingerprint density at radius 2 is 1.80 bits per heavy atom. The summed E-state index contributed by atoms with van der Waals surface area (Å²) in [5, 5.41) is 0. The molecule has 2 aliphatic carbocycles. The molecule has 1 spiro atoms. The standard InChI is InChI=1S/C30H43F3N6O2/c1-36-19-34-35-27(36)26(21-4-2-5-21)22-6-3-7-23(13-22)38-16-25-24(30(31,32)33)12-20(15-39(25)28(38)40)14-37-10-8-29(9-11-37)17-41-18-29/h12,15-16,21-23,26-27,34-35H,2-11,13-14,17-19H2,1H3/t22?,23?,26-,27?/m1/s1. The molecule has 8 nitrogen and oxygen atoms in total. The lowest BCUT2D eigenvalue weighted by Crippen LogP contribution is -2.50. The molecule has 2 aromatic rings. The summed E-state index contributed by atoms with van der Waals surface area (Å²) < 4.78 is 51.4. The van der Waals surface area contributed by atoms with Gasteiger partial charge in [0.1, 0.15) is 0 Å². The monoisotopic (exact) mass is 576 g/mol. The molecule has 41 heavy (non-hydrogen) atoms. The van der Waals surface area contributed by atoms with Crippen molar-refractivity contribution < 1.29 is 17.9 Å². The van der Waals surface area contributed by atoms with E-state index in [2.05, 4.69) is 27.7 Å². The number of nitrogens with one attached hydrogen (secondary N) is 2. The number of rotatable bonds is 6. The minimum atomic E-state index is -4.54. The summed E-state index contributed by atoms with van der Waals surface area (Å²) >= 11 is 0. The second-order valence-electron chi connectivity index (χ2n) is 13.6. The Hall–Kier alpha value is -1.92. The Morgan fingerprint density at radius 3 is 2.41 bits per heavy atom. The fourth-order valence-corrected chi connectivity index (χ4v) is 8.36. The smallest absolute Gasteiger partial charge is 0.380 e. The number of hydrogen-bond acceptors (Lipinski definition) is 6. The number of alkyl halides is 3. The van der Waals surface area contributed by atoms with E-state index < -0.39 is 11.7 Å². The van der Waals surface area contributed by atoms with E-state index in [9.17, 15) is 18.0 Å². The number of aromatic nitrogens is 2. The van der Waals surface area contributed by atoms with Crippen molar-refractivity contribution in [3.05, 3.63) is 40.1 Å². The molecular formula is C30H43F3N6O2. The maximum atomic E-state index is 14.4. The van der Waals surface area contributed by atoms with Crippen molar-refractivity contribution in [3.8, 4) is 0 Å². The van der Waals surface area contributed by atoms with Crippen LogP contribution in [0.5, 0.6) is 0 Å². The maximum Gasteiger partial charge on any atom is 0.418 e. The van der Waals surface area contributed by atoms with Crippen molar-refractivity contribution >= 4 is 5.52 Å². The van der Waals surface area contributed by atoms with Crippen LogP contribution in [-0.2, 0) is 17.5 Å². The number of pyridine rings is 1. The summed E-state index contributed by atoms with van der Waals surface area (Å²) in [6, 6.07) is 1.18. The SMILES string of the molecule is CN1CNNC1[C@H](C1CCC1)C1CCCC(n2cc3c(C(F)(F)F)cc(CN4CCC5(CC4)COC5)cn3c2=O)C1. The lowest BCUT2D eigenvalue weighted by atomic mass is 9.65. The van der Waals surface area contributed by atoms with Gasteiger partial charge >= 0.3 is 11.9 Å². The van der Waals surface area contributed by atoms with Crippen LogP contribution < -0.4 is 16.5 Å². The first-order valence-corrected chi connectivity index (χ1v) is 15.5. The Morgan fingerprint density at radius 1 is 1.07 bits per heavy atom. The molecule has 0 radical (unpaired) electrons. The van der Waals surface area contributed by atoms with Gasteiger partial charge in [-0.2, -0.15) is 13.2 Å². The molecule has 2 N–H and O–H groups in total. The van der Waals surface area contributed by atoms with E-state index in [0.717, 1.165) is 71.5 Å². The minimum Gasteiger partial charge on any atom is -0.380 e. The number of nitrogens with zero attached hydrogens (tertiary/aromatic N) is 4. The molecule has 0 amide bonds. The molecule has 3 saturated heterocycles. The van der Waals surface area contributed by atoms with Crippen LogP contribution in [0.25, 0.3) is 5.52 Å². The molecule has 4 atom stereocenters. The summed E-state index contributed by atoms with van der Waals surface area (Å²) in [7, 11) is 2.13. The summed E-state index contributed by atoms with van der Waals surface area (Å²) in [6.45, 7) is 4.47. The Kier molecular flexibility index (Phi) is 7.25. The number of imidazole rings is 1. The first-order valence-electron chi connectivity index (χ1n) is 15.5. The van der Waals surface area contributed by atoms with Gasteiger partial charge in [0, 0.05) is 30.4 Å². The maximum absolute atomic E-state index is 14.4. The predicted octanol–water partition coefficient (Wildman–Crippen LogP) is 4.20. The highest BCUT2D eigenvalue weighted by atomic mass is 19.4. The number of halogens is 3. The fraction of sp³-hybridized carbons (Fsp3) is 0.767. The van der Waals surface area contributed by atoms with Crippen LogP contribution in [0.3, 0.4) is 0 Å². The summed E-state index contributed by atoms with van der Waals surface area (Å²) in [5.41, 5.74) is 6.48. The Bertz CT molecular complexity index is 1310. The van der Waals surface area contributed by atoms with Gasteiger partial charge in [-0.3, -0.25) is 18.8 Å². The second kappa shape index (κ2) is 10.7. The van der Waals surface area contributed by atoms with Crippen LogP contribution in [0.1, 0.15) is 75.0 Å². The highest BCUT2D eigenvalue weighted by Crippen LogP contribution is 2.47. The molecule has 5 aliphatic rings. The minimum absolute atomic E-state index is 0.0328. The largest absolute Gasteiger partial charge is 0.418 e. The van der Waals surface area contributed by atoms with Gasteiger partial charge in [0.25, 0.3) is 0 Å². The molecule has 11 heteroatoms. The van der Waals surface area contributed by atoms with Crippen molar-refractivity contribution in [3.63, 3.8) is 0 Å². The first-order chi connectivity index (χ1) is 19.7. The highest BCUT2D eigenvalue weighted by molar-refractivity contribution is 5.56. The van der Waals surface area contributed by atoms with E-state index >= 15 is 0 Å². The average molecular weight is 577 g/mol. The van der Waals surface area contributed by atoms with Crippen molar-refractivity contribution in [2.75, 3.05) is 40.0 Å². The average Bonchev–Trinajstić information content (AvgIpc) is 3.47. The summed E-state index contributed by atoms with van der Waals surface area (Å²) in [4.78, 5) is 18.3. The molecule has 5 heterocycles. The van der Waals surface area contributed by atoms with E-state index in [1.54, 1.807) is 10.8 Å². The van der Waals surface area contributed by atoms with E-state index in [-0.39, 0.29) is 28.8 Å². The molecular weight excluding hydrogens is 533 g/mol. The van der Waals surface area contributed by atoms with Crippen LogP contribution in [0.2, 0.25) is 0 Å². The number of fused-ring (bicyclic) bond motifs is 1. The van der Waals surface area contributed by atoms with Gasteiger partial charge in [-0.1, -0.05) is 25.7 Å². The second-order valence-corrected chi connectivity index (χ2v) is 13.6. The van der Waals surface area contributed by atoms with Gasteiger partial charge in [0.15, 0.2) is 0 Å². The Labute approximate surface area is 239 Å². The number of likely N-dealkylation sites (tertiary alicyclic amines) is 1. The lowest BCUT2D eigenvalue weighted by Gasteiger charge is -2.47. The Balaban J connectivity index is 1.16. The van der Waals surface area contributed by atoms with Gasteiger partial charge in [0.2, 0.25) is 0 Å². The molecule has 226 valence electrons. The highest BCUT2D eigenvalue weighted by Gasteiger charge is 2.44. The number of piperidine rings is 1. The summed E-state index contributed by atoms with van der Waals surface area (Å²) in [5.74, 6) is 1.55. The van der Waals surface area contributed by atoms with Crippen LogP contribution >= 0.6 is 0 Å². The van der Waals surface area contributed by atoms with Crippen LogP contribution in [0.15, 0.2) is 23.3 Å². The van der Waals surface area contributed by atoms with Crippen LogP contribution in [0.4, 0.5) is 13.2 Å². The molecule has 5 fully saturated rings. The van der Waals surface area contributed by atoms with E-state index in [1.807, 2.05) is 0 Å². The van der Waals surface area contributed by atoms with Crippen molar-refractivity contribution in [1.82, 2.24) is 29.6 Å². The van der Waals surface area contributed by atoms with Gasteiger partial charge < -0.3 is 4.74 Å². The van der Waals surface area contributed by atoms with E-state index in [0.29, 0.717) is 29.9 Å². The van der Waals surface area contributed by atoms with E-state index in [1.165, 1.54) is 35.9 Å². The quantitative estimate of drug-likeness (QED) is 0.538. The first kappa shape index (κ1) is 27.9. The third kappa shape index (κ3) is 5.15. The zero-order valence-corrected chi connectivity index (χ0v) is 24.0. The van der Waals surface area contributed by atoms with Gasteiger partial charge in [-0.05, 0) is 81.6 Å². The number of hydrogen-bond donors (Lipinski definition) is 2. The topological polar surface area (TPSA) is 66.2 Å². The third-order valence-corrected chi connectivity index (χ3v) is 11.0. The predicted molar refractivity (Wildman–Crippen MR) is 149 cm³/mol. The number of ether oxygens (including phenoxy) is 1. The molecule has 7 rings (SSSR count).